The Morgan fingerprint density at radius 2 is 2.04 bits per heavy atom. The molecule has 3 nitrogen and oxygen atoms in total. The number of rotatable bonds is 1. The third-order valence-corrected chi connectivity index (χ3v) is 8.00. The number of hydrogen-bond donors (Lipinski definition) is 2. The van der Waals surface area contributed by atoms with E-state index in [9.17, 15) is 5.11 Å². The van der Waals surface area contributed by atoms with Crippen molar-refractivity contribution in [2.24, 2.45) is 34.2 Å². The Hall–Kier alpha value is -1.31. The van der Waals surface area contributed by atoms with Crippen LogP contribution in [-0.2, 0) is 0 Å². The second-order valence-electron chi connectivity index (χ2n) is 8.70. The lowest BCUT2D eigenvalue weighted by atomic mass is 9.50. The largest absolute Gasteiger partial charge is 0.411 e. The van der Waals surface area contributed by atoms with Crippen molar-refractivity contribution in [3.05, 3.63) is 30.0 Å². The van der Waals surface area contributed by atoms with Gasteiger partial charge in [-0.25, -0.2) is 0 Å². The van der Waals surface area contributed by atoms with Crippen LogP contribution in [0, 0.1) is 29.1 Å². The molecule has 3 heteroatoms. The van der Waals surface area contributed by atoms with Crippen molar-refractivity contribution in [2.45, 2.75) is 63.9 Å². The number of nitrogens with zero attached hydrogens (tertiary/aromatic N) is 1. The molecule has 0 bridgehead atoms. The summed E-state index contributed by atoms with van der Waals surface area (Å²) in [6.07, 6.45) is 12.7. The van der Waals surface area contributed by atoms with Crippen LogP contribution in [0.2, 0.25) is 0 Å². The summed E-state index contributed by atoms with van der Waals surface area (Å²) in [5.41, 5.74) is 4.49. The van der Waals surface area contributed by atoms with Crippen LogP contribution < -0.4 is 0 Å². The lowest BCUT2D eigenvalue weighted by Crippen LogP contribution is -2.51. The molecule has 130 valence electrons. The molecule has 2 N–H and O–H groups in total. The van der Waals surface area contributed by atoms with E-state index in [1.165, 1.54) is 18.4 Å². The lowest BCUT2D eigenvalue weighted by molar-refractivity contribution is -0.0902. The highest BCUT2D eigenvalue weighted by molar-refractivity contribution is 5.96. The van der Waals surface area contributed by atoms with Crippen LogP contribution in [-0.4, -0.2) is 21.6 Å². The van der Waals surface area contributed by atoms with Crippen molar-refractivity contribution in [1.82, 2.24) is 0 Å². The monoisotopic (exact) mass is 327 g/mol. The van der Waals surface area contributed by atoms with Crippen LogP contribution in [0.4, 0.5) is 0 Å². The van der Waals surface area contributed by atoms with E-state index in [4.69, 9.17) is 5.21 Å². The predicted octanol–water partition coefficient (Wildman–Crippen LogP) is 4.46. The molecular formula is C21H29NO2. The molecule has 4 rings (SSSR count). The molecule has 4 aliphatic carbocycles. The fourth-order valence-corrected chi connectivity index (χ4v) is 6.73. The molecule has 0 unspecified atom stereocenters. The smallest absolute Gasteiger partial charge is 0.0956 e. The molecule has 0 amide bonds. The van der Waals surface area contributed by atoms with E-state index in [1.54, 1.807) is 0 Å². The molecule has 24 heavy (non-hydrogen) atoms. The molecule has 3 fully saturated rings. The summed E-state index contributed by atoms with van der Waals surface area (Å²) < 4.78 is 0. The topological polar surface area (TPSA) is 52.8 Å². The van der Waals surface area contributed by atoms with Crippen LogP contribution in [0.5, 0.6) is 0 Å². The van der Waals surface area contributed by atoms with Crippen LogP contribution in [0.25, 0.3) is 0 Å². The van der Waals surface area contributed by atoms with Crippen LogP contribution >= 0.6 is 0 Å². The Kier molecular flexibility index (Phi) is 3.78. The van der Waals surface area contributed by atoms with E-state index in [2.05, 4.69) is 30.5 Å². The van der Waals surface area contributed by atoms with Gasteiger partial charge in [-0.2, -0.15) is 0 Å². The van der Waals surface area contributed by atoms with E-state index in [0.717, 1.165) is 56.1 Å². The van der Waals surface area contributed by atoms with Crippen molar-refractivity contribution >= 4 is 5.71 Å². The normalized spacial score (nSPS) is 48.8. The average molecular weight is 327 g/mol. The number of allylic oxidation sites excluding steroid dienone is 2. The number of oxime groups is 1. The number of hydrogen-bond acceptors (Lipinski definition) is 3. The highest BCUT2D eigenvalue weighted by Crippen LogP contribution is 2.65. The maximum Gasteiger partial charge on any atom is 0.0956 e. The van der Waals surface area contributed by atoms with E-state index < -0.39 is 5.60 Å². The first kappa shape index (κ1) is 16.2. The number of aliphatic hydroxyl groups is 1. The summed E-state index contributed by atoms with van der Waals surface area (Å²) in [6.45, 7) is 6.01. The molecule has 0 radical (unpaired) electrons. The first-order valence-corrected chi connectivity index (χ1v) is 9.53. The van der Waals surface area contributed by atoms with Gasteiger partial charge >= 0.3 is 0 Å². The Balaban J connectivity index is 1.63. The van der Waals surface area contributed by atoms with Crippen molar-refractivity contribution in [1.29, 1.82) is 0 Å². The van der Waals surface area contributed by atoms with Crippen LogP contribution in [0.3, 0.4) is 0 Å². The molecule has 6 atom stereocenters. The van der Waals surface area contributed by atoms with Gasteiger partial charge in [-0.1, -0.05) is 24.2 Å². The zero-order chi connectivity index (χ0) is 16.9. The second-order valence-corrected chi connectivity index (χ2v) is 8.70. The standard InChI is InChI=1S/C21H29NO2/c1-3-10-21(23)12-9-19-18-6-4-14-13-15(22-24)5-7-16(14)17(18)8-11-20(19,21)2/h10,13,16-19,23-24H,1,4-9,11-12H2,2H3/b22-15+/t16-,17+,18+,19-,20-,21-/m0/s1. The molecule has 0 aromatic carbocycles. The Bertz CT molecular complexity index is 644. The molecule has 0 aromatic heterocycles. The molecular weight excluding hydrogens is 298 g/mol. The molecule has 0 spiro atoms. The van der Waals surface area contributed by atoms with Gasteiger partial charge in [0.2, 0.25) is 0 Å². The van der Waals surface area contributed by atoms with Crippen molar-refractivity contribution < 1.29 is 10.3 Å². The van der Waals surface area contributed by atoms with Gasteiger partial charge in [0.25, 0.3) is 0 Å². The summed E-state index contributed by atoms with van der Waals surface area (Å²) in [4.78, 5) is 0. The molecule has 4 aliphatic rings. The summed E-state index contributed by atoms with van der Waals surface area (Å²) in [5.74, 6) is 2.76. The fraction of sp³-hybridized carbons (Fsp3) is 0.714. The minimum absolute atomic E-state index is 0.0214. The lowest BCUT2D eigenvalue weighted by Gasteiger charge is -2.55. The van der Waals surface area contributed by atoms with Crippen LogP contribution in [0.1, 0.15) is 58.3 Å². The minimum Gasteiger partial charge on any atom is -0.411 e. The van der Waals surface area contributed by atoms with Gasteiger partial charge in [-0.3, -0.25) is 0 Å². The Morgan fingerprint density at radius 1 is 1.21 bits per heavy atom. The van der Waals surface area contributed by atoms with Gasteiger partial charge in [0.05, 0.1) is 11.3 Å². The zero-order valence-corrected chi connectivity index (χ0v) is 14.7. The van der Waals surface area contributed by atoms with Crippen molar-refractivity contribution in [3.8, 4) is 0 Å². The Morgan fingerprint density at radius 3 is 2.79 bits per heavy atom. The molecule has 0 aliphatic heterocycles. The van der Waals surface area contributed by atoms with Gasteiger partial charge in [-0.05, 0) is 87.2 Å². The van der Waals surface area contributed by atoms with E-state index in [-0.39, 0.29) is 5.41 Å². The highest BCUT2D eigenvalue weighted by Gasteiger charge is 2.61. The van der Waals surface area contributed by atoms with E-state index in [1.807, 2.05) is 6.08 Å². The fourth-order valence-electron chi connectivity index (χ4n) is 6.73. The van der Waals surface area contributed by atoms with Gasteiger partial charge in [0.1, 0.15) is 0 Å². The molecule has 0 aromatic rings. The minimum atomic E-state index is -0.718. The second kappa shape index (κ2) is 5.61. The predicted molar refractivity (Wildman–Crippen MR) is 95.0 cm³/mol. The Labute approximate surface area is 144 Å². The first-order valence-electron chi connectivity index (χ1n) is 9.53. The van der Waals surface area contributed by atoms with Crippen molar-refractivity contribution in [3.63, 3.8) is 0 Å². The van der Waals surface area contributed by atoms with Crippen molar-refractivity contribution in [2.75, 3.05) is 0 Å². The maximum absolute atomic E-state index is 11.2. The van der Waals surface area contributed by atoms with Gasteiger partial charge in [0.15, 0.2) is 0 Å². The summed E-state index contributed by atoms with van der Waals surface area (Å²) in [7, 11) is 0. The summed E-state index contributed by atoms with van der Waals surface area (Å²) in [5, 5.41) is 23.7. The van der Waals surface area contributed by atoms with E-state index in [0.29, 0.717) is 11.8 Å². The summed E-state index contributed by atoms with van der Waals surface area (Å²) in [6, 6.07) is 0. The first-order chi connectivity index (χ1) is 11.5. The third kappa shape index (κ3) is 2.11. The third-order valence-electron chi connectivity index (χ3n) is 8.00. The molecule has 3 saturated carbocycles. The molecule has 0 saturated heterocycles. The average Bonchev–Trinajstić information content (AvgIpc) is 2.86. The van der Waals surface area contributed by atoms with E-state index >= 15 is 0 Å². The highest BCUT2D eigenvalue weighted by atomic mass is 16.4. The van der Waals surface area contributed by atoms with Gasteiger partial charge in [-0.15, -0.1) is 5.73 Å². The van der Waals surface area contributed by atoms with Crippen LogP contribution in [0.15, 0.2) is 35.2 Å². The SMILES string of the molecule is C=C=C[C@]1(O)CC[C@H]2[C@@H]3CCC4=C/C(=N/O)CC[C@@H]4[C@H]3CC[C@@]21C. The van der Waals surface area contributed by atoms with Gasteiger partial charge in [0, 0.05) is 5.41 Å². The quantitative estimate of drug-likeness (QED) is 0.424. The maximum atomic E-state index is 11.2. The zero-order valence-electron chi connectivity index (χ0n) is 14.7. The molecule has 0 heterocycles. The summed E-state index contributed by atoms with van der Waals surface area (Å²) >= 11 is 0. The number of fused-ring (bicyclic) bond motifs is 5. The van der Waals surface area contributed by atoms with Gasteiger partial charge < -0.3 is 10.3 Å².